The maximum atomic E-state index is 13.1. The summed E-state index contributed by atoms with van der Waals surface area (Å²) in [5.41, 5.74) is 1.41. The minimum atomic E-state index is -0.811. The highest BCUT2D eigenvalue weighted by Gasteiger charge is 2.22. The number of hydrogen-bond acceptors (Lipinski definition) is 5. The van der Waals surface area contributed by atoms with Crippen molar-refractivity contribution in [1.29, 1.82) is 0 Å². The first kappa shape index (κ1) is 25.6. The van der Waals surface area contributed by atoms with Crippen molar-refractivity contribution in [2.75, 3.05) is 20.8 Å². The van der Waals surface area contributed by atoms with Crippen molar-refractivity contribution >= 4 is 11.8 Å². The number of amides is 2. The number of hydrogen-bond donors (Lipinski definition) is 2. The van der Waals surface area contributed by atoms with Crippen LogP contribution in [0.2, 0.25) is 0 Å². The number of benzene rings is 3. The molecule has 0 unspecified atom stereocenters. The lowest BCUT2D eigenvalue weighted by atomic mass is 10.1. The Labute approximate surface area is 206 Å². The van der Waals surface area contributed by atoms with Crippen LogP contribution in [0.3, 0.4) is 0 Å². The molecule has 0 fully saturated rings. The molecule has 2 N–H and O–H groups in total. The number of carbonyl (C=O) groups is 2. The van der Waals surface area contributed by atoms with Gasteiger partial charge in [-0.05, 0) is 54.3 Å². The van der Waals surface area contributed by atoms with E-state index in [2.05, 4.69) is 24.5 Å². The number of ether oxygens (including phenoxy) is 3. The third kappa shape index (κ3) is 6.99. The number of carbonyl (C=O) groups excluding carboxylic acids is 2. The SMILES string of the molecule is COc1ccccc1C(=O)NC(NC(=O)c1ccccc1OC)c1ccc(OCCC(C)C)cc1. The minimum Gasteiger partial charge on any atom is -0.496 e. The van der Waals surface area contributed by atoms with Gasteiger partial charge in [0.25, 0.3) is 11.8 Å². The molecular formula is C28H32N2O5. The van der Waals surface area contributed by atoms with Crippen LogP contribution < -0.4 is 24.8 Å². The van der Waals surface area contributed by atoms with Crippen LogP contribution in [-0.2, 0) is 0 Å². The van der Waals surface area contributed by atoms with E-state index >= 15 is 0 Å². The maximum absolute atomic E-state index is 13.1. The molecule has 0 saturated carbocycles. The van der Waals surface area contributed by atoms with Crippen LogP contribution in [0.25, 0.3) is 0 Å². The Bertz CT molecular complexity index is 1070. The Morgan fingerprint density at radius 2 is 1.23 bits per heavy atom. The molecule has 3 aromatic carbocycles. The Hall–Kier alpha value is -4.00. The molecule has 0 radical (unpaired) electrons. The van der Waals surface area contributed by atoms with Crippen molar-refractivity contribution in [3.05, 3.63) is 89.5 Å². The van der Waals surface area contributed by atoms with E-state index in [4.69, 9.17) is 14.2 Å². The molecule has 7 nitrogen and oxygen atoms in total. The first-order chi connectivity index (χ1) is 16.9. The van der Waals surface area contributed by atoms with Crippen LogP contribution in [0.5, 0.6) is 17.2 Å². The summed E-state index contributed by atoms with van der Waals surface area (Å²) in [5, 5.41) is 5.82. The molecule has 35 heavy (non-hydrogen) atoms. The summed E-state index contributed by atoms with van der Waals surface area (Å²) in [6.07, 6.45) is 0.142. The molecule has 0 saturated heterocycles. The van der Waals surface area contributed by atoms with Gasteiger partial charge in [0, 0.05) is 0 Å². The Morgan fingerprint density at radius 3 is 1.69 bits per heavy atom. The molecule has 0 atom stereocenters. The fourth-order valence-corrected chi connectivity index (χ4v) is 3.45. The standard InChI is InChI=1S/C28H32N2O5/c1-19(2)17-18-35-21-15-13-20(14-16-21)26(29-27(31)22-9-5-7-11-24(22)33-3)30-28(32)23-10-6-8-12-25(23)34-4/h5-16,19,26H,17-18H2,1-4H3,(H,29,31)(H,30,32). The molecule has 2 amide bonds. The van der Waals surface area contributed by atoms with Gasteiger partial charge < -0.3 is 24.8 Å². The maximum Gasteiger partial charge on any atom is 0.256 e. The molecule has 0 bridgehead atoms. The zero-order valence-electron chi connectivity index (χ0n) is 20.5. The van der Waals surface area contributed by atoms with Gasteiger partial charge in [-0.2, -0.15) is 0 Å². The monoisotopic (exact) mass is 476 g/mol. The van der Waals surface area contributed by atoms with E-state index in [1.54, 1.807) is 48.5 Å². The number of rotatable bonds is 11. The van der Waals surface area contributed by atoms with E-state index in [0.29, 0.717) is 40.7 Å². The van der Waals surface area contributed by atoms with E-state index in [-0.39, 0.29) is 11.8 Å². The lowest BCUT2D eigenvalue weighted by molar-refractivity contribution is 0.0880. The van der Waals surface area contributed by atoms with Crippen molar-refractivity contribution in [2.45, 2.75) is 26.4 Å². The van der Waals surface area contributed by atoms with Gasteiger partial charge in [0.1, 0.15) is 23.4 Å². The average Bonchev–Trinajstić information content (AvgIpc) is 2.88. The number of methoxy groups -OCH3 is 2. The predicted octanol–water partition coefficient (Wildman–Crippen LogP) is 4.99. The fourth-order valence-electron chi connectivity index (χ4n) is 3.45. The highest BCUT2D eigenvalue weighted by Crippen LogP contribution is 2.23. The second-order valence-corrected chi connectivity index (χ2v) is 8.38. The summed E-state index contributed by atoms with van der Waals surface area (Å²) in [6, 6.07) is 21.1. The van der Waals surface area contributed by atoms with Gasteiger partial charge in [0.05, 0.1) is 32.0 Å². The predicted molar refractivity (Wildman–Crippen MR) is 135 cm³/mol. The van der Waals surface area contributed by atoms with Crippen molar-refractivity contribution in [1.82, 2.24) is 10.6 Å². The molecule has 0 aliphatic carbocycles. The number of para-hydroxylation sites is 2. The molecule has 0 spiro atoms. The van der Waals surface area contributed by atoms with Crippen molar-refractivity contribution in [3.8, 4) is 17.2 Å². The van der Waals surface area contributed by atoms with Gasteiger partial charge in [-0.1, -0.05) is 50.2 Å². The molecular weight excluding hydrogens is 444 g/mol. The zero-order valence-corrected chi connectivity index (χ0v) is 20.5. The molecule has 7 heteroatoms. The highest BCUT2D eigenvalue weighted by atomic mass is 16.5. The average molecular weight is 477 g/mol. The highest BCUT2D eigenvalue weighted by molar-refractivity contribution is 5.99. The third-order valence-corrected chi connectivity index (χ3v) is 5.43. The number of nitrogens with one attached hydrogen (secondary N) is 2. The smallest absolute Gasteiger partial charge is 0.256 e. The van der Waals surface area contributed by atoms with E-state index < -0.39 is 6.17 Å². The summed E-state index contributed by atoms with van der Waals surface area (Å²) in [5.74, 6) is 1.38. The first-order valence-corrected chi connectivity index (χ1v) is 11.5. The van der Waals surface area contributed by atoms with Gasteiger partial charge in [-0.15, -0.1) is 0 Å². The van der Waals surface area contributed by atoms with Crippen molar-refractivity contribution in [3.63, 3.8) is 0 Å². The van der Waals surface area contributed by atoms with Gasteiger partial charge in [-0.25, -0.2) is 0 Å². The van der Waals surface area contributed by atoms with Crippen molar-refractivity contribution in [2.24, 2.45) is 5.92 Å². The zero-order chi connectivity index (χ0) is 25.2. The van der Waals surface area contributed by atoms with Crippen LogP contribution in [0.4, 0.5) is 0 Å². The summed E-state index contributed by atoms with van der Waals surface area (Å²) in [6.45, 7) is 4.91. The van der Waals surface area contributed by atoms with Crippen LogP contribution >= 0.6 is 0 Å². The molecule has 0 heterocycles. The summed E-state index contributed by atoms with van der Waals surface area (Å²) < 4.78 is 16.5. The van der Waals surface area contributed by atoms with Crippen LogP contribution in [-0.4, -0.2) is 32.6 Å². The quantitative estimate of drug-likeness (QED) is 0.381. The largest absolute Gasteiger partial charge is 0.496 e. The van der Waals surface area contributed by atoms with E-state index in [1.807, 2.05) is 24.3 Å². The van der Waals surface area contributed by atoms with E-state index in [9.17, 15) is 9.59 Å². The molecule has 0 aromatic heterocycles. The Balaban J connectivity index is 1.85. The fraction of sp³-hybridized carbons (Fsp3) is 0.286. The minimum absolute atomic E-state index is 0.361. The normalized spacial score (nSPS) is 10.7. The van der Waals surface area contributed by atoms with Gasteiger partial charge in [0.15, 0.2) is 0 Å². The summed E-state index contributed by atoms with van der Waals surface area (Å²) in [7, 11) is 3.01. The molecule has 0 aliphatic rings. The summed E-state index contributed by atoms with van der Waals surface area (Å²) in [4.78, 5) is 26.3. The molecule has 3 aromatic rings. The van der Waals surface area contributed by atoms with Crippen molar-refractivity contribution < 1.29 is 23.8 Å². The molecule has 184 valence electrons. The lowest BCUT2D eigenvalue weighted by Crippen LogP contribution is -2.41. The van der Waals surface area contributed by atoms with Crippen LogP contribution in [0.1, 0.15) is 52.7 Å². The van der Waals surface area contributed by atoms with Gasteiger partial charge in [-0.3, -0.25) is 9.59 Å². The Kier molecular flexibility index (Phi) is 9.12. The van der Waals surface area contributed by atoms with E-state index in [1.165, 1.54) is 14.2 Å². The first-order valence-electron chi connectivity index (χ1n) is 11.5. The second kappa shape index (κ2) is 12.5. The van der Waals surface area contributed by atoms with E-state index in [0.717, 1.165) is 12.2 Å². The summed E-state index contributed by atoms with van der Waals surface area (Å²) >= 11 is 0. The Morgan fingerprint density at radius 1 is 0.743 bits per heavy atom. The third-order valence-electron chi connectivity index (χ3n) is 5.43. The second-order valence-electron chi connectivity index (χ2n) is 8.38. The molecule has 3 rings (SSSR count). The lowest BCUT2D eigenvalue weighted by Gasteiger charge is -2.22. The van der Waals surface area contributed by atoms with Gasteiger partial charge in [0.2, 0.25) is 0 Å². The molecule has 0 aliphatic heterocycles. The topological polar surface area (TPSA) is 85.9 Å². The van der Waals surface area contributed by atoms with Crippen LogP contribution in [0, 0.1) is 5.92 Å². The van der Waals surface area contributed by atoms with Gasteiger partial charge >= 0.3 is 0 Å². The van der Waals surface area contributed by atoms with Crippen LogP contribution in [0.15, 0.2) is 72.8 Å².